The third kappa shape index (κ3) is 3.64. The van der Waals surface area contributed by atoms with Gasteiger partial charge in [-0.25, -0.2) is 9.59 Å². The van der Waals surface area contributed by atoms with Crippen LogP contribution in [0.5, 0.6) is 11.5 Å². The summed E-state index contributed by atoms with van der Waals surface area (Å²) >= 11 is 0. The molecule has 1 heterocycles. The zero-order valence-electron chi connectivity index (χ0n) is 12.7. The first-order valence-electron chi connectivity index (χ1n) is 7.23. The number of ether oxygens (including phenoxy) is 3. The van der Waals surface area contributed by atoms with Gasteiger partial charge in [0, 0.05) is 12.1 Å². The molecule has 0 saturated carbocycles. The van der Waals surface area contributed by atoms with Crippen LogP contribution in [0.3, 0.4) is 0 Å². The van der Waals surface area contributed by atoms with Crippen molar-refractivity contribution >= 4 is 11.9 Å². The van der Waals surface area contributed by atoms with Gasteiger partial charge in [-0.1, -0.05) is 0 Å². The van der Waals surface area contributed by atoms with Crippen LogP contribution in [0.25, 0.3) is 0 Å². The number of phenols is 1. The summed E-state index contributed by atoms with van der Waals surface area (Å²) < 4.78 is 15.2. The maximum Gasteiger partial charge on any atom is 0.341 e. The van der Waals surface area contributed by atoms with Gasteiger partial charge in [0.05, 0.1) is 11.1 Å². The third-order valence-electron chi connectivity index (χ3n) is 3.42. The van der Waals surface area contributed by atoms with Crippen LogP contribution < -0.4 is 10.1 Å². The summed E-state index contributed by atoms with van der Waals surface area (Å²) in [6.07, 6.45) is 0. The van der Waals surface area contributed by atoms with Gasteiger partial charge in [0.1, 0.15) is 18.2 Å². The molecule has 0 spiro atoms. The van der Waals surface area contributed by atoms with E-state index in [1.54, 1.807) is 18.2 Å². The van der Waals surface area contributed by atoms with Crippen LogP contribution in [0.4, 0.5) is 0 Å². The molecule has 0 radical (unpaired) electrons. The molecule has 1 aliphatic heterocycles. The van der Waals surface area contributed by atoms with Gasteiger partial charge in [0.2, 0.25) is 6.79 Å². The van der Waals surface area contributed by atoms with Gasteiger partial charge in [0.25, 0.3) is 0 Å². The first kappa shape index (κ1) is 15.8. The van der Waals surface area contributed by atoms with Crippen LogP contribution in [0, 0.1) is 0 Å². The molecule has 1 aliphatic rings. The van der Waals surface area contributed by atoms with E-state index in [4.69, 9.17) is 19.3 Å². The minimum absolute atomic E-state index is 0.0452. The zero-order valence-corrected chi connectivity index (χ0v) is 12.7. The molecule has 3 rings (SSSR count). The fraction of sp³-hybridized carbons (Fsp3) is 0.176. The lowest BCUT2D eigenvalue weighted by Gasteiger charge is -2.18. The van der Waals surface area contributed by atoms with Gasteiger partial charge in [-0.15, -0.1) is 0 Å². The van der Waals surface area contributed by atoms with Crippen LogP contribution in [-0.2, 0) is 16.0 Å². The van der Waals surface area contributed by atoms with Gasteiger partial charge in [-0.2, -0.15) is 0 Å². The number of phenolic OH excluding ortho intramolecular Hbond substituents is 1. The summed E-state index contributed by atoms with van der Waals surface area (Å²) in [5, 5.41) is 12.2. The van der Waals surface area contributed by atoms with E-state index in [1.807, 2.05) is 0 Å². The Hall–Kier alpha value is -3.06. The van der Waals surface area contributed by atoms with E-state index < -0.39 is 18.7 Å². The lowest BCUT2D eigenvalue weighted by Crippen LogP contribution is -2.25. The zero-order chi connectivity index (χ0) is 16.9. The maximum atomic E-state index is 12.0. The molecule has 0 bridgehead atoms. The lowest BCUT2D eigenvalue weighted by molar-refractivity contribution is -0.0167. The Morgan fingerprint density at radius 1 is 1.04 bits per heavy atom. The molecular weight excluding hydrogens is 314 g/mol. The SMILES string of the molecule is O=C(OCOC(=O)c1ccc2c(c1)CNCO2)c1ccc(O)cc1. The van der Waals surface area contributed by atoms with Crippen LogP contribution in [-0.4, -0.2) is 30.6 Å². The number of esters is 2. The Labute approximate surface area is 137 Å². The Kier molecular flexibility index (Phi) is 4.62. The highest BCUT2D eigenvalue weighted by molar-refractivity contribution is 5.91. The van der Waals surface area contributed by atoms with Crippen molar-refractivity contribution in [3.05, 3.63) is 59.2 Å². The molecule has 7 heteroatoms. The predicted molar refractivity (Wildman–Crippen MR) is 82.6 cm³/mol. The van der Waals surface area contributed by atoms with E-state index in [0.29, 0.717) is 18.8 Å². The number of nitrogens with one attached hydrogen (secondary N) is 1. The van der Waals surface area contributed by atoms with Crippen molar-refractivity contribution in [2.75, 3.05) is 13.5 Å². The van der Waals surface area contributed by atoms with Gasteiger partial charge in [0.15, 0.2) is 0 Å². The van der Waals surface area contributed by atoms with Gasteiger partial charge >= 0.3 is 11.9 Å². The number of rotatable bonds is 4. The van der Waals surface area contributed by atoms with Crippen LogP contribution in [0.15, 0.2) is 42.5 Å². The van der Waals surface area contributed by atoms with Crippen LogP contribution >= 0.6 is 0 Å². The summed E-state index contributed by atoms with van der Waals surface area (Å²) in [5.41, 5.74) is 1.46. The second kappa shape index (κ2) is 7.01. The average Bonchev–Trinajstić information content (AvgIpc) is 2.61. The van der Waals surface area contributed by atoms with Gasteiger partial charge in [-0.3, -0.25) is 5.32 Å². The highest BCUT2D eigenvalue weighted by Crippen LogP contribution is 2.22. The van der Waals surface area contributed by atoms with Crippen molar-refractivity contribution in [1.82, 2.24) is 5.32 Å². The topological polar surface area (TPSA) is 94.1 Å². The third-order valence-corrected chi connectivity index (χ3v) is 3.42. The van der Waals surface area contributed by atoms with Crippen molar-refractivity contribution in [1.29, 1.82) is 0 Å². The summed E-state index contributed by atoms with van der Waals surface area (Å²) in [6.45, 7) is 0.542. The first-order chi connectivity index (χ1) is 11.6. The minimum Gasteiger partial charge on any atom is -0.508 e. The molecule has 0 fully saturated rings. The van der Waals surface area contributed by atoms with E-state index in [2.05, 4.69) is 5.32 Å². The molecule has 0 atom stereocenters. The monoisotopic (exact) mass is 329 g/mol. The van der Waals surface area contributed by atoms with Crippen molar-refractivity contribution < 1.29 is 28.9 Å². The quantitative estimate of drug-likeness (QED) is 0.652. The predicted octanol–water partition coefficient (Wildman–Crippen LogP) is 1.80. The number of hydrogen-bond donors (Lipinski definition) is 2. The van der Waals surface area contributed by atoms with Crippen LogP contribution in [0.2, 0.25) is 0 Å². The standard InChI is InChI=1S/C17H15NO6/c19-14-4-1-11(2-5-14)16(20)23-10-24-17(21)12-3-6-15-13(7-12)8-18-9-22-15/h1-7,18-19H,8-10H2. The summed E-state index contributed by atoms with van der Waals surface area (Å²) in [5.74, 6) is -0.472. The van der Waals surface area contributed by atoms with Crippen LogP contribution in [0.1, 0.15) is 26.3 Å². The molecule has 0 saturated heterocycles. The Morgan fingerprint density at radius 2 is 1.71 bits per heavy atom. The molecule has 0 amide bonds. The smallest absolute Gasteiger partial charge is 0.341 e. The van der Waals surface area contributed by atoms with E-state index >= 15 is 0 Å². The second-order valence-corrected chi connectivity index (χ2v) is 5.07. The van der Waals surface area contributed by atoms with E-state index in [-0.39, 0.29) is 11.3 Å². The Morgan fingerprint density at radius 3 is 2.46 bits per heavy atom. The van der Waals surface area contributed by atoms with Crippen molar-refractivity contribution in [3.63, 3.8) is 0 Å². The lowest BCUT2D eigenvalue weighted by atomic mass is 10.1. The summed E-state index contributed by atoms with van der Waals surface area (Å²) in [4.78, 5) is 23.7. The highest BCUT2D eigenvalue weighted by atomic mass is 16.7. The highest BCUT2D eigenvalue weighted by Gasteiger charge is 2.15. The first-order valence-corrected chi connectivity index (χ1v) is 7.23. The van der Waals surface area contributed by atoms with Gasteiger partial charge < -0.3 is 19.3 Å². The maximum absolute atomic E-state index is 12.0. The van der Waals surface area contributed by atoms with Crippen molar-refractivity contribution in [2.45, 2.75) is 6.54 Å². The number of fused-ring (bicyclic) bond motifs is 1. The van der Waals surface area contributed by atoms with Gasteiger partial charge in [-0.05, 0) is 42.5 Å². The largest absolute Gasteiger partial charge is 0.508 e. The molecule has 2 aromatic rings. The number of aromatic hydroxyl groups is 1. The minimum atomic E-state index is -0.647. The number of hydrogen-bond acceptors (Lipinski definition) is 7. The molecule has 0 unspecified atom stereocenters. The summed E-state index contributed by atoms with van der Waals surface area (Å²) in [7, 11) is 0. The molecular formula is C17H15NO6. The number of benzene rings is 2. The van der Waals surface area contributed by atoms with Crippen molar-refractivity contribution in [2.24, 2.45) is 0 Å². The van der Waals surface area contributed by atoms with Crippen molar-refractivity contribution in [3.8, 4) is 11.5 Å². The van der Waals surface area contributed by atoms with E-state index in [9.17, 15) is 9.59 Å². The number of carbonyl (C=O) groups excluding carboxylic acids is 2. The molecule has 2 aromatic carbocycles. The second-order valence-electron chi connectivity index (χ2n) is 5.07. The molecule has 0 aliphatic carbocycles. The Balaban J connectivity index is 1.54. The molecule has 0 aromatic heterocycles. The van der Waals surface area contributed by atoms with E-state index in [1.165, 1.54) is 24.3 Å². The fourth-order valence-corrected chi connectivity index (χ4v) is 2.20. The van der Waals surface area contributed by atoms with E-state index in [0.717, 1.165) is 11.3 Å². The molecule has 7 nitrogen and oxygen atoms in total. The average molecular weight is 329 g/mol. The number of carbonyl (C=O) groups is 2. The Bertz CT molecular complexity index is 756. The molecule has 124 valence electrons. The molecule has 24 heavy (non-hydrogen) atoms. The summed E-state index contributed by atoms with van der Waals surface area (Å²) in [6, 6.07) is 10.5. The fourth-order valence-electron chi connectivity index (χ4n) is 2.20. The normalized spacial score (nSPS) is 12.7. The molecule has 2 N–H and O–H groups in total.